The molecule has 0 saturated carbocycles. The number of amides is 2. The fraction of sp³-hybridized carbons (Fsp3) is 0.333. The Labute approximate surface area is 184 Å². The van der Waals surface area contributed by atoms with Gasteiger partial charge >= 0.3 is 0 Å². The van der Waals surface area contributed by atoms with E-state index in [1.54, 1.807) is 34.9 Å². The van der Waals surface area contributed by atoms with E-state index >= 15 is 0 Å². The van der Waals surface area contributed by atoms with Crippen LogP contribution in [-0.4, -0.2) is 39.1 Å². The van der Waals surface area contributed by atoms with Crippen molar-refractivity contribution >= 4 is 39.3 Å². The van der Waals surface area contributed by atoms with Crippen LogP contribution < -0.4 is 14.9 Å². The molecule has 0 spiro atoms. The van der Waals surface area contributed by atoms with Crippen LogP contribution in [0.2, 0.25) is 0 Å². The smallest absolute Gasteiger partial charge is 0.241 e. The Morgan fingerprint density at radius 1 is 1.19 bits per heavy atom. The number of anilines is 1. The van der Waals surface area contributed by atoms with Crippen molar-refractivity contribution in [1.29, 1.82) is 0 Å². The first-order valence-electron chi connectivity index (χ1n) is 9.95. The van der Waals surface area contributed by atoms with Crippen LogP contribution in [0.3, 0.4) is 0 Å². The normalized spacial score (nSPS) is 18.7. The zero-order valence-corrected chi connectivity index (χ0v) is 18.3. The summed E-state index contributed by atoms with van der Waals surface area (Å²) in [4.78, 5) is 26.7. The third kappa shape index (κ3) is 4.91. The number of hydrogen-bond donors (Lipinski definition) is 2. The summed E-state index contributed by atoms with van der Waals surface area (Å²) < 4.78 is 41.0. The Bertz CT molecular complexity index is 1110. The van der Waals surface area contributed by atoms with Gasteiger partial charge in [-0.1, -0.05) is 0 Å². The number of hydrogen-bond acceptors (Lipinski definition) is 5. The molecular formula is C21H22FN3O4S2. The average Bonchev–Trinajstić information content (AvgIpc) is 3.19. The van der Waals surface area contributed by atoms with E-state index in [0.29, 0.717) is 30.6 Å². The predicted octanol–water partition coefficient (Wildman–Crippen LogP) is 2.58. The van der Waals surface area contributed by atoms with E-state index in [1.807, 2.05) is 0 Å². The van der Waals surface area contributed by atoms with Crippen LogP contribution in [0, 0.1) is 5.82 Å². The molecule has 1 fully saturated rings. The maximum absolute atomic E-state index is 13.6. The van der Waals surface area contributed by atoms with Crippen molar-refractivity contribution in [3.8, 4) is 0 Å². The van der Waals surface area contributed by atoms with Crippen LogP contribution in [0.4, 0.5) is 10.1 Å². The number of sulfonamides is 1. The molecule has 164 valence electrons. The molecule has 2 aliphatic heterocycles. The van der Waals surface area contributed by atoms with E-state index in [0.717, 1.165) is 17.1 Å². The monoisotopic (exact) mass is 463 g/mol. The van der Waals surface area contributed by atoms with Crippen molar-refractivity contribution < 1.29 is 22.4 Å². The molecule has 2 N–H and O–H groups in total. The maximum atomic E-state index is 13.6. The molecule has 0 radical (unpaired) electrons. The van der Waals surface area contributed by atoms with E-state index in [9.17, 15) is 22.4 Å². The summed E-state index contributed by atoms with van der Waals surface area (Å²) in [5.74, 6) is -0.0653. The highest BCUT2D eigenvalue weighted by Gasteiger charge is 2.25. The zero-order chi connectivity index (χ0) is 22.0. The van der Waals surface area contributed by atoms with Gasteiger partial charge in [0.15, 0.2) is 0 Å². The Hall–Kier alpha value is -2.43. The highest BCUT2D eigenvalue weighted by molar-refractivity contribution is 7.99. The van der Waals surface area contributed by atoms with Crippen molar-refractivity contribution in [3.05, 3.63) is 53.8 Å². The second-order valence-corrected chi connectivity index (χ2v) is 10.3. The highest BCUT2D eigenvalue weighted by atomic mass is 32.2. The average molecular weight is 464 g/mol. The predicted molar refractivity (Wildman–Crippen MR) is 116 cm³/mol. The summed E-state index contributed by atoms with van der Waals surface area (Å²) in [6.07, 6.45) is 1.91. The molecule has 10 heteroatoms. The first-order valence-corrected chi connectivity index (χ1v) is 12.4. The molecule has 2 aromatic carbocycles. The van der Waals surface area contributed by atoms with Gasteiger partial charge in [0.2, 0.25) is 21.8 Å². The number of nitrogens with one attached hydrogen (secondary N) is 2. The van der Waals surface area contributed by atoms with Crippen LogP contribution >= 0.6 is 11.8 Å². The molecule has 31 heavy (non-hydrogen) atoms. The van der Waals surface area contributed by atoms with Crippen LogP contribution in [0.1, 0.15) is 30.9 Å². The molecule has 2 aromatic rings. The molecule has 7 nitrogen and oxygen atoms in total. The Kier molecular flexibility index (Phi) is 6.31. The van der Waals surface area contributed by atoms with Crippen molar-refractivity contribution in [1.82, 2.24) is 10.0 Å². The molecule has 0 aliphatic carbocycles. The van der Waals surface area contributed by atoms with Gasteiger partial charge in [0.05, 0.1) is 17.5 Å². The van der Waals surface area contributed by atoms with Gasteiger partial charge in [-0.15, -0.1) is 11.8 Å². The minimum absolute atomic E-state index is 0.0113. The first kappa shape index (κ1) is 21.8. The number of carbonyl (C=O) groups is 2. The van der Waals surface area contributed by atoms with Crippen LogP contribution in [0.25, 0.3) is 0 Å². The fourth-order valence-electron chi connectivity index (χ4n) is 3.73. The fourth-order valence-corrected chi connectivity index (χ4v) is 5.82. The Morgan fingerprint density at radius 3 is 2.68 bits per heavy atom. The number of nitrogens with zero attached hydrogens (tertiary/aromatic N) is 1. The summed E-state index contributed by atoms with van der Waals surface area (Å²) in [6, 6.07) is 10.1. The lowest BCUT2D eigenvalue weighted by molar-refractivity contribution is -0.120. The lowest BCUT2D eigenvalue weighted by Crippen LogP contribution is -2.39. The van der Waals surface area contributed by atoms with E-state index < -0.39 is 22.5 Å². The van der Waals surface area contributed by atoms with Gasteiger partial charge in [-0.3, -0.25) is 9.59 Å². The quantitative estimate of drug-likeness (QED) is 0.687. The highest BCUT2D eigenvalue weighted by Crippen LogP contribution is 2.36. The van der Waals surface area contributed by atoms with Crippen molar-refractivity contribution in [2.24, 2.45) is 0 Å². The number of rotatable bonds is 6. The SMILES string of the molecule is O=C(CNS(=O)(=O)c1ccc(N2CCCC2=O)cc1)N[C@H]1CCSc2ccc(F)cc21. The van der Waals surface area contributed by atoms with Crippen molar-refractivity contribution in [3.63, 3.8) is 0 Å². The Balaban J connectivity index is 1.37. The molecule has 0 bridgehead atoms. The number of thioether (sulfide) groups is 1. The number of fused-ring (bicyclic) bond motifs is 1. The van der Waals surface area contributed by atoms with Gasteiger partial charge in [0, 0.05) is 29.3 Å². The molecular weight excluding hydrogens is 441 g/mol. The zero-order valence-electron chi connectivity index (χ0n) is 16.6. The lowest BCUT2D eigenvalue weighted by atomic mass is 10.0. The summed E-state index contributed by atoms with van der Waals surface area (Å²) in [7, 11) is -3.90. The van der Waals surface area contributed by atoms with Gasteiger partial charge in [-0.2, -0.15) is 0 Å². The van der Waals surface area contributed by atoms with Gasteiger partial charge in [-0.05, 0) is 60.9 Å². The van der Waals surface area contributed by atoms with Crippen LogP contribution in [0.5, 0.6) is 0 Å². The maximum Gasteiger partial charge on any atom is 0.241 e. The molecule has 0 unspecified atom stereocenters. The lowest BCUT2D eigenvalue weighted by Gasteiger charge is -2.26. The molecule has 4 rings (SSSR count). The summed E-state index contributed by atoms with van der Waals surface area (Å²) in [5.41, 5.74) is 1.36. The van der Waals surface area contributed by atoms with Gasteiger partial charge in [0.1, 0.15) is 5.82 Å². The molecule has 2 heterocycles. The number of halogens is 1. The Morgan fingerprint density at radius 2 is 1.97 bits per heavy atom. The standard InChI is InChI=1S/C21H22FN3O4S2/c22-14-3-8-19-17(12-14)18(9-11-30-19)24-20(26)13-23-31(28,29)16-6-4-15(5-7-16)25-10-1-2-21(25)27/h3-8,12,18,23H,1-2,9-11,13H2,(H,24,26)/t18-/m0/s1. The summed E-state index contributed by atoms with van der Waals surface area (Å²) in [6.45, 7) is 0.193. The molecule has 0 aromatic heterocycles. The van der Waals surface area contributed by atoms with Gasteiger partial charge in [-0.25, -0.2) is 17.5 Å². The first-order chi connectivity index (χ1) is 14.8. The number of benzene rings is 2. The minimum atomic E-state index is -3.90. The topological polar surface area (TPSA) is 95.6 Å². The van der Waals surface area contributed by atoms with Gasteiger partial charge in [0.25, 0.3) is 0 Å². The summed E-state index contributed by atoms with van der Waals surface area (Å²) in [5, 5.41) is 2.79. The van der Waals surface area contributed by atoms with E-state index in [4.69, 9.17) is 0 Å². The van der Waals surface area contributed by atoms with E-state index in [2.05, 4.69) is 10.0 Å². The van der Waals surface area contributed by atoms with E-state index in [1.165, 1.54) is 24.3 Å². The summed E-state index contributed by atoms with van der Waals surface area (Å²) >= 11 is 1.60. The third-order valence-corrected chi connectivity index (χ3v) is 7.84. The van der Waals surface area contributed by atoms with Crippen LogP contribution in [-0.2, 0) is 19.6 Å². The second-order valence-electron chi connectivity index (χ2n) is 7.41. The van der Waals surface area contributed by atoms with Crippen molar-refractivity contribution in [2.75, 3.05) is 23.7 Å². The third-order valence-electron chi connectivity index (χ3n) is 5.30. The molecule has 2 aliphatic rings. The van der Waals surface area contributed by atoms with E-state index in [-0.39, 0.29) is 22.7 Å². The minimum Gasteiger partial charge on any atom is -0.348 e. The molecule has 1 atom stereocenters. The van der Waals surface area contributed by atoms with Crippen LogP contribution in [0.15, 0.2) is 52.3 Å². The molecule has 1 saturated heterocycles. The number of carbonyl (C=O) groups excluding carboxylic acids is 2. The second kappa shape index (κ2) is 8.97. The van der Waals surface area contributed by atoms with Gasteiger partial charge < -0.3 is 10.2 Å². The molecule has 2 amide bonds. The van der Waals surface area contributed by atoms with Crippen molar-refractivity contribution in [2.45, 2.75) is 35.1 Å². The largest absolute Gasteiger partial charge is 0.348 e.